The van der Waals surface area contributed by atoms with Gasteiger partial charge in [-0.05, 0) is 57.9 Å². The van der Waals surface area contributed by atoms with E-state index in [1.54, 1.807) is 0 Å². The number of aliphatic carboxylic acids is 1. The van der Waals surface area contributed by atoms with Crippen LogP contribution in [0.5, 0.6) is 5.75 Å². The SMILES string of the molecule is CCOc1ccc(CC(CNC(=O)CC(C)n2nc(C)cc2C)C(=O)O)cc1. The van der Waals surface area contributed by atoms with E-state index >= 15 is 0 Å². The lowest BCUT2D eigenvalue weighted by Crippen LogP contribution is -2.35. The van der Waals surface area contributed by atoms with Gasteiger partial charge in [0.2, 0.25) is 5.91 Å². The molecule has 7 nitrogen and oxygen atoms in total. The number of nitrogens with one attached hydrogen (secondary N) is 1. The van der Waals surface area contributed by atoms with Crippen molar-refractivity contribution >= 4 is 11.9 Å². The number of carboxylic acid groups (broad SMARTS) is 1. The number of hydrogen-bond donors (Lipinski definition) is 2. The van der Waals surface area contributed by atoms with Crippen molar-refractivity contribution < 1.29 is 19.4 Å². The largest absolute Gasteiger partial charge is 0.494 e. The van der Waals surface area contributed by atoms with Crippen molar-refractivity contribution in [3.63, 3.8) is 0 Å². The predicted octanol–water partition coefficient (Wildman–Crippen LogP) is 2.91. The first-order valence-electron chi connectivity index (χ1n) is 9.54. The molecule has 0 fully saturated rings. The summed E-state index contributed by atoms with van der Waals surface area (Å²) in [7, 11) is 0. The topological polar surface area (TPSA) is 93.5 Å². The standard InChI is InChI=1S/C21H29N3O4/c1-5-28-19-8-6-17(7-9-19)12-18(21(26)27)13-22-20(25)11-16(4)24-15(3)10-14(2)23-24/h6-10,16,18H,5,11-13H2,1-4H3,(H,22,25)(H,26,27). The molecule has 2 atom stereocenters. The number of aryl methyl sites for hydroxylation is 2. The van der Waals surface area contributed by atoms with Crippen LogP contribution in [0, 0.1) is 19.8 Å². The van der Waals surface area contributed by atoms with Crippen molar-refractivity contribution in [2.45, 2.75) is 46.6 Å². The molecule has 152 valence electrons. The molecular weight excluding hydrogens is 358 g/mol. The van der Waals surface area contributed by atoms with Gasteiger partial charge in [0, 0.05) is 18.7 Å². The van der Waals surface area contributed by atoms with Crippen LogP contribution in [0.15, 0.2) is 30.3 Å². The van der Waals surface area contributed by atoms with E-state index in [1.165, 1.54) is 0 Å². The zero-order valence-electron chi connectivity index (χ0n) is 16.9. The van der Waals surface area contributed by atoms with Crippen molar-refractivity contribution in [2.75, 3.05) is 13.2 Å². The first-order chi connectivity index (χ1) is 13.3. The number of carbonyl (C=O) groups is 2. The molecule has 0 saturated carbocycles. The van der Waals surface area contributed by atoms with Crippen molar-refractivity contribution in [2.24, 2.45) is 5.92 Å². The summed E-state index contributed by atoms with van der Waals surface area (Å²) in [6.45, 7) is 8.37. The minimum absolute atomic E-state index is 0.0885. The fourth-order valence-corrected chi connectivity index (χ4v) is 3.18. The maximum absolute atomic E-state index is 12.3. The van der Waals surface area contributed by atoms with Crippen LogP contribution in [0.1, 0.15) is 43.3 Å². The molecule has 2 N–H and O–H groups in total. The third-order valence-corrected chi connectivity index (χ3v) is 4.55. The molecular formula is C21H29N3O4. The second kappa shape index (κ2) is 9.92. The van der Waals surface area contributed by atoms with Crippen LogP contribution in [-0.2, 0) is 16.0 Å². The summed E-state index contributed by atoms with van der Waals surface area (Å²) < 4.78 is 7.22. The van der Waals surface area contributed by atoms with Gasteiger partial charge in [-0.25, -0.2) is 0 Å². The Labute approximate surface area is 165 Å². The van der Waals surface area contributed by atoms with E-state index in [1.807, 2.05) is 62.7 Å². The van der Waals surface area contributed by atoms with E-state index in [0.717, 1.165) is 22.7 Å². The van der Waals surface area contributed by atoms with E-state index in [4.69, 9.17) is 4.74 Å². The second-order valence-electron chi connectivity index (χ2n) is 7.05. The van der Waals surface area contributed by atoms with Gasteiger partial charge >= 0.3 is 5.97 Å². The molecule has 1 aromatic carbocycles. The highest BCUT2D eigenvalue weighted by Crippen LogP contribution is 2.16. The molecule has 0 aliphatic rings. The summed E-state index contributed by atoms with van der Waals surface area (Å²) >= 11 is 0. The van der Waals surface area contributed by atoms with Gasteiger partial charge in [0.15, 0.2) is 0 Å². The molecule has 1 heterocycles. The molecule has 2 aromatic rings. The molecule has 0 saturated heterocycles. The van der Waals surface area contributed by atoms with Gasteiger partial charge < -0.3 is 15.2 Å². The Morgan fingerprint density at radius 3 is 2.46 bits per heavy atom. The predicted molar refractivity (Wildman–Crippen MR) is 106 cm³/mol. The Bertz CT molecular complexity index is 798. The number of hydrogen-bond acceptors (Lipinski definition) is 4. The van der Waals surface area contributed by atoms with Crippen LogP contribution >= 0.6 is 0 Å². The van der Waals surface area contributed by atoms with Crippen LogP contribution in [0.25, 0.3) is 0 Å². The fourth-order valence-electron chi connectivity index (χ4n) is 3.18. The van der Waals surface area contributed by atoms with E-state index in [2.05, 4.69) is 10.4 Å². The summed E-state index contributed by atoms with van der Waals surface area (Å²) in [5.41, 5.74) is 2.80. The zero-order chi connectivity index (χ0) is 20.7. The highest BCUT2D eigenvalue weighted by Gasteiger charge is 2.20. The van der Waals surface area contributed by atoms with Crippen molar-refractivity contribution in [3.8, 4) is 5.75 Å². The molecule has 2 rings (SSSR count). The van der Waals surface area contributed by atoms with Gasteiger partial charge in [0.1, 0.15) is 5.75 Å². The average Bonchev–Trinajstić information content (AvgIpc) is 2.98. The van der Waals surface area contributed by atoms with E-state index in [0.29, 0.717) is 13.0 Å². The average molecular weight is 387 g/mol. The first kappa shape index (κ1) is 21.5. The number of nitrogens with zero attached hydrogens (tertiary/aromatic N) is 2. The number of aromatic nitrogens is 2. The normalized spacial score (nSPS) is 13.0. The summed E-state index contributed by atoms with van der Waals surface area (Å²) in [5, 5.41) is 16.6. The van der Waals surface area contributed by atoms with Gasteiger partial charge in [0.25, 0.3) is 0 Å². The molecule has 2 unspecified atom stereocenters. The fraction of sp³-hybridized carbons (Fsp3) is 0.476. The quantitative estimate of drug-likeness (QED) is 0.654. The molecule has 0 spiro atoms. The molecule has 0 bridgehead atoms. The molecule has 1 aromatic heterocycles. The number of benzene rings is 1. The van der Waals surface area contributed by atoms with Crippen LogP contribution in [0.4, 0.5) is 0 Å². The Morgan fingerprint density at radius 1 is 1.25 bits per heavy atom. The van der Waals surface area contributed by atoms with Gasteiger partial charge in [0.05, 0.1) is 24.3 Å². The zero-order valence-corrected chi connectivity index (χ0v) is 16.9. The van der Waals surface area contributed by atoms with Crippen LogP contribution in [0.2, 0.25) is 0 Å². The highest BCUT2D eigenvalue weighted by atomic mass is 16.5. The third kappa shape index (κ3) is 6.11. The lowest BCUT2D eigenvalue weighted by Gasteiger charge is -2.17. The molecule has 0 aliphatic heterocycles. The van der Waals surface area contributed by atoms with Crippen molar-refractivity contribution in [3.05, 3.63) is 47.3 Å². The summed E-state index contributed by atoms with van der Waals surface area (Å²) in [6, 6.07) is 9.23. The Hall–Kier alpha value is -2.83. The van der Waals surface area contributed by atoms with E-state index < -0.39 is 11.9 Å². The van der Waals surface area contributed by atoms with Crippen LogP contribution in [0.3, 0.4) is 0 Å². The molecule has 0 radical (unpaired) electrons. The number of amides is 1. The third-order valence-electron chi connectivity index (χ3n) is 4.55. The van der Waals surface area contributed by atoms with Crippen molar-refractivity contribution in [1.82, 2.24) is 15.1 Å². The number of carbonyl (C=O) groups excluding carboxylic acids is 1. The summed E-state index contributed by atoms with van der Waals surface area (Å²) in [6.07, 6.45) is 0.590. The summed E-state index contributed by atoms with van der Waals surface area (Å²) in [5.74, 6) is -1.05. The van der Waals surface area contributed by atoms with Gasteiger partial charge in [-0.1, -0.05) is 12.1 Å². The number of carboxylic acids is 1. The molecule has 1 amide bonds. The smallest absolute Gasteiger partial charge is 0.308 e. The molecule has 0 aliphatic carbocycles. The van der Waals surface area contributed by atoms with Crippen LogP contribution in [-0.4, -0.2) is 39.9 Å². The highest BCUT2D eigenvalue weighted by molar-refractivity contribution is 5.77. The molecule has 7 heteroatoms. The molecule has 28 heavy (non-hydrogen) atoms. The lowest BCUT2D eigenvalue weighted by molar-refractivity contribution is -0.141. The maximum atomic E-state index is 12.3. The monoisotopic (exact) mass is 387 g/mol. The number of rotatable bonds is 10. The van der Waals surface area contributed by atoms with E-state index in [9.17, 15) is 14.7 Å². The Morgan fingerprint density at radius 2 is 1.93 bits per heavy atom. The van der Waals surface area contributed by atoms with Gasteiger partial charge in [-0.3, -0.25) is 14.3 Å². The summed E-state index contributed by atoms with van der Waals surface area (Å²) in [4.78, 5) is 23.9. The minimum Gasteiger partial charge on any atom is -0.494 e. The lowest BCUT2D eigenvalue weighted by atomic mass is 9.99. The minimum atomic E-state index is -0.930. The van der Waals surface area contributed by atoms with E-state index in [-0.39, 0.29) is 24.9 Å². The first-order valence-corrected chi connectivity index (χ1v) is 9.54. The van der Waals surface area contributed by atoms with Gasteiger partial charge in [-0.2, -0.15) is 5.10 Å². The maximum Gasteiger partial charge on any atom is 0.308 e. The van der Waals surface area contributed by atoms with Crippen LogP contribution < -0.4 is 10.1 Å². The second-order valence-corrected chi connectivity index (χ2v) is 7.05. The Kier molecular flexibility index (Phi) is 7.61. The van der Waals surface area contributed by atoms with Gasteiger partial charge in [-0.15, -0.1) is 0 Å². The number of ether oxygens (including phenoxy) is 1. The van der Waals surface area contributed by atoms with Crippen molar-refractivity contribution in [1.29, 1.82) is 0 Å². The Balaban J connectivity index is 1.89.